The summed E-state index contributed by atoms with van der Waals surface area (Å²) in [5.41, 5.74) is -1.48. The van der Waals surface area contributed by atoms with Gasteiger partial charge in [-0.25, -0.2) is 23.2 Å². The second-order valence-corrected chi connectivity index (χ2v) is 12.2. The lowest BCUT2D eigenvalue weighted by molar-refractivity contribution is -0.174. The number of aryl methyl sites for hydroxylation is 1. The first-order valence-electron chi connectivity index (χ1n) is 14.0. The highest BCUT2D eigenvalue weighted by atomic mass is 32.1. The van der Waals surface area contributed by atoms with Crippen LogP contribution in [0.2, 0.25) is 0 Å². The molecule has 4 rings (SSSR count). The van der Waals surface area contributed by atoms with E-state index < -0.39 is 52.9 Å². The van der Waals surface area contributed by atoms with Gasteiger partial charge in [0.05, 0.1) is 11.8 Å². The van der Waals surface area contributed by atoms with Crippen LogP contribution in [0.4, 0.5) is 43.3 Å². The van der Waals surface area contributed by atoms with E-state index in [0.29, 0.717) is 43.1 Å². The minimum Gasteiger partial charge on any atom is -0.444 e. The molecule has 3 aromatic rings. The number of hydrogen-bond donors (Lipinski definition) is 3. The summed E-state index contributed by atoms with van der Waals surface area (Å²) < 4.78 is 74.4. The summed E-state index contributed by atoms with van der Waals surface area (Å²) in [7, 11) is 0. The molecule has 3 heterocycles. The number of aromatic nitrogens is 3. The molecule has 1 saturated heterocycles. The van der Waals surface area contributed by atoms with Crippen molar-refractivity contribution in [3.63, 3.8) is 0 Å². The van der Waals surface area contributed by atoms with Gasteiger partial charge in [0.25, 0.3) is 5.91 Å². The highest BCUT2D eigenvalue weighted by Crippen LogP contribution is 2.37. The molecule has 3 amide bonds. The summed E-state index contributed by atoms with van der Waals surface area (Å²) in [4.78, 5) is 43.7. The summed E-state index contributed by atoms with van der Waals surface area (Å²) >= 11 is 0.676. The van der Waals surface area contributed by atoms with Gasteiger partial charge in [-0.1, -0.05) is 17.4 Å². The molecule has 1 aliphatic heterocycles. The number of anilines is 3. The molecule has 1 fully saturated rings. The molecule has 11 nitrogen and oxygen atoms in total. The number of halogens is 5. The topological polar surface area (TPSA) is 130 Å². The Balaban J connectivity index is 1.62. The Morgan fingerprint density at radius 2 is 1.76 bits per heavy atom. The molecule has 17 heteroatoms. The predicted molar refractivity (Wildman–Crippen MR) is 157 cm³/mol. The molecule has 1 aromatic carbocycles. The van der Waals surface area contributed by atoms with Gasteiger partial charge in [-0.2, -0.15) is 18.3 Å². The van der Waals surface area contributed by atoms with Crippen molar-refractivity contribution in [2.45, 2.75) is 71.3 Å². The van der Waals surface area contributed by atoms with Crippen molar-refractivity contribution in [3.8, 4) is 10.6 Å². The predicted octanol–water partition coefficient (Wildman–Crippen LogP) is 5.94. The highest BCUT2D eigenvalue weighted by molar-refractivity contribution is 7.19. The van der Waals surface area contributed by atoms with Gasteiger partial charge in [0.2, 0.25) is 0 Å². The summed E-state index contributed by atoms with van der Waals surface area (Å²) in [6.45, 7) is 7.74. The van der Waals surface area contributed by atoms with Crippen LogP contribution in [0.3, 0.4) is 0 Å². The molecule has 0 spiro atoms. The van der Waals surface area contributed by atoms with E-state index in [1.165, 1.54) is 12.3 Å². The molecule has 45 heavy (non-hydrogen) atoms. The molecular weight excluding hydrogens is 625 g/mol. The summed E-state index contributed by atoms with van der Waals surface area (Å²) in [5, 5.41) is 11.2. The Hall–Kier alpha value is -4.28. The van der Waals surface area contributed by atoms with Crippen LogP contribution in [0, 0.1) is 11.6 Å². The van der Waals surface area contributed by atoms with Crippen LogP contribution in [0.25, 0.3) is 10.6 Å². The fraction of sp³-hybridized carbons (Fsp3) is 0.464. The fourth-order valence-electron chi connectivity index (χ4n) is 4.70. The van der Waals surface area contributed by atoms with Gasteiger partial charge in [0.15, 0.2) is 11.5 Å². The lowest BCUT2D eigenvalue weighted by Gasteiger charge is -2.25. The number of alkyl halides is 3. The van der Waals surface area contributed by atoms with Crippen molar-refractivity contribution in [2.75, 3.05) is 28.6 Å². The minimum atomic E-state index is -4.99. The third-order valence-electron chi connectivity index (χ3n) is 6.61. The Bertz CT molecular complexity index is 1550. The second-order valence-electron chi connectivity index (χ2n) is 11.2. The van der Waals surface area contributed by atoms with Gasteiger partial charge >= 0.3 is 18.2 Å². The van der Waals surface area contributed by atoms with Crippen LogP contribution in [0.5, 0.6) is 0 Å². The van der Waals surface area contributed by atoms with E-state index in [1.54, 1.807) is 25.5 Å². The number of nitrogens with one attached hydrogen (secondary N) is 3. The largest absolute Gasteiger partial charge is 0.471 e. The Kier molecular flexibility index (Phi) is 9.99. The van der Waals surface area contributed by atoms with Crippen LogP contribution in [0.15, 0.2) is 24.4 Å². The molecule has 3 N–H and O–H groups in total. The molecule has 1 atom stereocenters. The lowest BCUT2D eigenvalue weighted by atomic mass is 10.1. The second kappa shape index (κ2) is 13.4. The zero-order valence-electron chi connectivity index (χ0n) is 24.8. The first-order valence-corrected chi connectivity index (χ1v) is 14.8. The summed E-state index contributed by atoms with van der Waals surface area (Å²) in [6, 6.07) is 2.55. The van der Waals surface area contributed by atoms with Crippen LogP contribution in [-0.2, 0) is 16.1 Å². The monoisotopic (exact) mass is 657 g/mol. The maximum atomic E-state index is 14.6. The van der Waals surface area contributed by atoms with Gasteiger partial charge in [-0.05, 0) is 59.1 Å². The number of rotatable bonds is 7. The maximum Gasteiger partial charge on any atom is 0.471 e. The minimum absolute atomic E-state index is 0.123. The number of benzene rings is 1. The number of carbonyl (C=O) groups is 3. The van der Waals surface area contributed by atoms with Crippen molar-refractivity contribution in [2.24, 2.45) is 0 Å². The van der Waals surface area contributed by atoms with E-state index in [2.05, 4.69) is 20.7 Å². The van der Waals surface area contributed by atoms with Gasteiger partial charge in [0, 0.05) is 25.7 Å². The summed E-state index contributed by atoms with van der Waals surface area (Å²) in [6.07, 6.45) is -3.56. The van der Waals surface area contributed by atoms with Crippen molar-refractivity contribution in [3.05, 3.63) is 41.7 Å². The van der Waals surface area contributed by atoms with Gasteiger partial charge in [0.1, 0.15) is 32.9 Å². The zero-order valence-corrected chi connectivity index (χ0v) is 25.7. The molecule has 244 valence electrons. The van der Waals surface area contributed by atoms with E-state index in [-0.39, 0.29) is 34.4 Å². The van der Waals surface area contributed by atoms with Crippen LogP contribution >= 0.6 is 11.3 Å². The molecule has 0 unspecified atom stereocenters. The van der Waals surface area contributed by atoms with E-state index in [4.69, 9.17) is 4.74 Å². The van der Waals surface area contributed by atoms with Crippen LogP contribution in [0.1, 0.15) is 57.4 Å². The SMILES string of the molecule is CCn1ncc(NC(=O)c2nc(-c3c(F)cccc3F)sc2NC(=O)OC(C)(C)C)c1N1CCC[C@H](NC(=O)C(F)(F)F)CC1. The Labute approximate surface area is 259 Å². The smallest absolute Gasteiger partial charge is 0.444 e. The van der Waals surface area contributed by atoms with Crippen molar-refractivity contribution in [1.29, 1.82) is 0 Å². The summed E-state index contributed by atoms with van der Waals surface area (Å²) in [5.74, 6) is -4.21. The van der Waals surface area contributed by atoms with Crippen molar-refractivity contribution in [1.82, 2.24) is 20.1 Å². The Morgan fingerprint density at radius 3 is 2.38 bits per heavy atom. The average molecular weight is 658 g/mol. The third kappa shape index (κ3) is 8.26. The molecule has 1 aliphatic rings. The third-order valence-corrected chi connectivity index (χ3v) is 7.60. The van der Waals surface area contributed by atoms with E-state index in [0.717, 1.165) is 12.1 Å². The van der Waals surface area contributed by atoms with E-state index >= 15 is 0 Å². The van der Waals surface area contributed by atoms with Crippen LogP contribution < -0.4 is 20.9 Å². The zero-order chi connectivity index (χ0) is 33.1. The number of thiazole rings is 1. The van der Waals surface area contributed by atoms with Crippen molar-refractivity contribution >= 4 is 45.8 Å². The number of nitrogens with zero attached hydrogens (tertiary/aromatic N) is 4. The van der Waals surface area contributed by atoms with Crippen molar-refractivity contribution < 1.29 is 41.1 Å². The molecule has 0 bridgehead atoms. The molecule has 0 radical (unpaired) electrons. The lowest BCUT2D eigenvalue weighted by Crippen LogP contribution is -2.43. The Morgan fingerprint density at radius 1 is 1.07 bits per heavy atom. The number of amides is 3. The van der Waals surface area contributed by atoms with Gasteiger partial charge in [-0.15, -0.1) is 0 Å². The van der Waals surface area contributed by atoms with E-state index in [1.807, 2.05) is 17.1 Å². The molecule has 0 aliphatic carbocycles. The molecule has 2 aromatic heterocycles. The molecular formula is C28H32F5N7O4S. The van der Waals surface area contributed by atoms with Gasteiger partial charge < -0.3 is 20.3 Å². The van der Waals surface area contributed by atoms with Crippen LogP contribution in [-0.4, -0.2) is 63.6 Å². The standard InChI is InChI=1S/C28H32F5N7O4S/c1-5-40-24(39-12-7-8-15(11-13-39)35-25(42)28(31,32)33)18(14-34-40)36-21(41)20-23(38-26(43)44-27(2,3)4)45-22(37-20)19-16(29)9-6-10-17(19)30/h6,9-10,14-15H,5,7-8,11-13H2,1-4H3,(H,35,42)(H,36,41)(H,38,43)/t15-/m0/s1. The van der Waals surface area contributed by atoms with Gasteiger partial charge in [-0.3, -0.25) is 14.9 Å². The molecule has 0 saturated carbocycles. The normalized spacial score (nSPS) is 15.8. The highest BCUT2D eigenvalue weighted by Gasteiger charge is 2.40. The average Bonchev–Trinajstić information content (AvgIpc) is 3.44. The number of ether oxygens (including phenoxy) is 1. The first kappa shape index (κ1) is 33.6. The quantitative estimate of drug-likeness (QED) is 0.268. The maximum absolute atomic E-state index is 14.6. The fourth-order valence-corrected chi connectivity index (χ4v) is 5.69. The first-order chi connectivity index (χ1) is 21.1. The number of hydrogen-bond acceptors (Lipinski definition) is 8. The number of carbonyl (C=O) groups excluding carboxylic acids is 3. The van der Waals surface area contributed by atoms with E-state index in [9.17, 15) is 36.3 Å².